The lowest BCUT2D eigenvalue weighted by atomic mass is 10.1. The maximum Gasteiger partial charge on any atom is 0.270 e. The van der Waals surface area contributed by atoms with Crippen LogP contribution < -0.4 is 9.64 Å². The summed E-state index contributed by atoms with van der Waals surface area (Å²) < 4.78 is 6.15. The molecule has 2 aromatic carbocycles. The Morgan fingerprint density at radius 1 is 1.27 bits per heavy atom. The first-order valence-corrected chi connectivity index (χ1v) is 9.75. The number of nitrogens with zero attached hydrogens (tertiary/aromatic N) is 1. The average Bonchev–Trinajstić information content (AvgIpc) is 2.85. The van der Waals surface area contributed by atoms with Crippen molar-refractivity contribution < 1.29 is 14.6 Å². The summed E-state index contributed by atoms with van der Waals surface area (Å²) in [5.41, 5.74) is 3.66. The number of hydrogen-bond donors (Lipinski definition) is 1. The minimum atomic E-state index is -0.157. The maximum absolute atomic E-state index is 12.9. The predicted molar refractivity (Wildman–Crippen MR) is 114 cm³/mol. The van der Waals surface area contributed by atoms with E-state index in [-0.39, 0.29) is 11.7 Å². The van der Waals surface area contributed by atoms with E-state index in [1.54, 1.807) is 23.1 Å². The quantitative estimate of drug-likeness (QED) is 0.516. The Labute approximate surface area is 170 Å². The number of carbonyl (C=O) groups is 1. The van der Waals surface area contributed by atoms with Crippen molar-refractivity contribution in [2.75, 3.05) is 12.0 Å². The molecular formula is C19H16BrNO3S2. The van der Waals surface area contributed by atoms with Crippen molar-refractivity contribution >= 4 is 61.9 Å². The Kier molecular flexibility index (Phi) is 5.41. The zero-order valence-corrected chi connectivity index (χ0v) is 17.6. The Hall–Kier alpha value is -1.83. The molecule has 134 valence electrons. The number of hydrogen-bond acceptors (Lipinski definition) is 5. The number of rotatable bonds is 3. The van der Waals surface area contributed by atoms with Gasteiger partial charge in [-0.15, -0.1) is 0 Å². The number of carbonyl (C=O) groups excluding carboxylic acids is 1. The van der Waals surface area contributed by atoms with Crippen LogP contribution in [-0.2, 0) is 4.79 Å². The average molecular weight is 450 g/mol. The molecule has 0 aromatic heterocycles. The molecule has 1 aliphatic heterocycles. The van der Waals surface area contributed by atoms with Crippen LogP contribution in [0.15, 0.2) is 39.7 Å². The third kappa shape index (κ3) is 3.51. The van der Waals surface area contributed by atoms with Gasteiger partial charge in [0.15, 0.2) is 15.8 Å². The van der Waals surface area contributed by atoms with Gasteiger partial charge in [-0.05, 0) is 65.2 Å². The normalized spacial score (nSPS) is 15.8. The number of methoxy groups -OCH3 is 1. The summed E-state index contributed by atoms with van der Waals surface area (Å²) in [4.78, 5) is 15.0. The number of thioether (sulfide) groups is 1. The number of benzene rings is 2. The number of phenolic OH excluding ortho intramolecular Hbond substituents is 1. The summed E-state index contributed by atoms with van der Waals surface area (Å²) in [6.07, 6.45) is 1.75. The predicted octanol–water partition coefficient (Wildman–Crippen LogP) is 5.19. The molecule has 1 amide bonds. The van der Waals surface area contributed by atoms with E-state index in [0.29, 0.717) is 19.4 Å². The molecule has 2 aromatic rings. The lowest BCUT2D eigenvalue weighted by Gasteiger charge is -2.17. The minimum Gasteiger partial charge on any atom is -0.503 e. The maximum atomic E-state index is 12.9. The molecule has 1 aliphatic rings. The fraction of sp³-hybridized carbons (Fsp3) is 0.158. The highest BCUT2D eigenvalue weighted by Gasteiger charge is 2.34. The van der Waals surface area contributed by atoms with Gasteiger partial charge in [0, 0.05) is 0 Å². The second kappa shape index (κ2) is 7.42. The van der Waals surface area contributed by atoms with E-state index in [4.69, 9.17) is 17.0 Å². The molecule has 26 heavy (non-hydrogen) atoms. The van der Waals surface area contributed by atoms with Crippen molar-refractivity contribution in [3.05, 3.63) is 56.4 Å². The summed E-state index contributed by atoms with van der Waals surface area (Å²) >= 11 is 9.98. The molecule has 0 spiro atoms. The van der Waals surface area contributed by atoms with Crippen molar-refractivity contribution in [2.24, 2.45) is 0 Å². The zero-order valence-electron chi connectivity index (χ0n) is 14.4. The summed E-state index contributed by atoms with van der Waals surface area (Å²) in [5, 5.41) is 9.93. The largest absolute Gasteiger partial charge is 0.503 e. The summed E-state index contributed by atoms with van der Waals surface area (Å²) in [7, 11) is 1.48. The molecular weight excluding hydrogens is 434 g/mol. The van der Waals surface area contributed by atoms with Gasteiger partial charge in [-0.2, -0.15) is 0 Å². The molecule has 3 rings (SSSR count). The molecule has 0 atom stereocenters. The van der Waals surface area contributed by atoms with Crippen LogP contribution in [0.5, 0.6) is 11.5 Å². The smallest absolute Gasteiger partial charge is 0.270 e. The highest BCUT2D eigenvalue weighted by atomic mass is 79.9. The van der Waals surface area contributed by atoms with Crippen molar-refractivity contribution in [1.29, 1.82) is 0 Å². The SMILES string of the molecule is COc1cc(/C=C2\SC(=S)N(c3ccc(C)cc3C)C2=O)cc(Br)c1O. The van der Waals surface area contributed by atoms with Crippen LogP contribution in [0.4, 0.5) is 5.69 Å². The second-order valence-corrected chi connectivity index (χ2v) is 8.39. The molecule has 0 unspecified atom stereocenters. The van der Waals surface area contributed by atoms with Gasteiger partial charge in [0.1, 0.15) is 0 Å². The molecule has 0 aliphatic carbocycles. The highest BCUT2D eigenvalue weighted by molar-refractivity contribution is 9.10. The van der Waals surface area contributed by atoms with E-state index in [2.05, 4.69) is 15.9 Å². The van der Waals surface area contributed by atoms with Crippen LogP contribution in [0.2, 0.25) is 0 Å². The first kappa shape index (κ1) is 18.9. The molecule has 1 saturated heterocycles. The number of amides is 1. The molecule has 1 heterocycles. The molecule has 0 saturated carbocycles. The standard InChI is InChI=1S/C19H16BrNO3S2/c1-10-4-5-14(11(2)6-10)21-18(23)16(26-19(21)25)9-12-7-13(20)17(22)15(8-12)24-3/h4-9,22H,1-3H3/b16-9-. The number of aryl methyl sites for hydroxylation is 2. The van der Waals surface area contributed by atoms with E-state index < -0.39 is 0 Å². The van der Waals surface area contributed by atoms with Gasteiger partial charge in [0.2, 0.25) is 0 Å². The van der Waals surface area contributed by atoms with Gasteiger partial charge in [-0.25, -0.2) is 0 Å². The number of aromatic hydroxyl groups is 1. The topological polar surface area (TPSA) is 49.8 Å². The van der Waals surface area contributed by atoms with E-state index in [1.165, 1.54) is 18.9 Å². The van der Waals surface area contributed by atoms with E-state index >= 15 is 0 Å². The van der Waals surface area contributed by atoms with E-state index in [1.807, 2.05) is 32.0 Å². The zero-order chi connectivity index (χ0) is 19.0. The van der Waals surface area contributed by atoms with Crippen LogP contribution >= 0.6 is 39.9 Å². The van der Waals surface area contributed by atoms with Crippen LogP contribution in [0.1, 0.15) is 16.7 Å². The lowest BCUT2D eigenvalue weighted by molar-refractivity contribution is -0.113. The second-order valence-electron chi connectivity index (χ2n) is 5.86. The van der Waals surface area contributed by atoms with Crippen LogP contribution in [0, 0.1) is 13.8 Å². The molecule has 1 N–H and O–H groups in total. The van der Waals surface area contributed by atoms with Gasteiger partial charge in [-0.3, -0.25) is 9.69 Å². The number of phenols is 1. The number of anilines is 1. The first-order valence-electron chi connectivity index (χ1n) is 7.73. The molecule has 1 fully saturated rings. The molecule has 4 nitrogen and oxygen atoms in total. The van der Waals surface area contributed by atoms with Gasteiger partial charge in [-0.1, -0.05) is 41.7 Å². The van der Waals surface area contributed by atoms with Crippen molar-refractivity contribution in [2.45, 2.75) is 13.8 Å². The molecule has 0 bridgehead atoms. The molecule has 0 radical (unpaired) electrons. The number of thiocarbonyl (C=S) groups is 1. The Balaban J connectivity index is 1.99. The monoisotopic (exact) mass is 449 g/mol. The fourth-order valence-corrected chi connectivity index (χ4v) is 4.46. The minimum absolute atomic E-state index is 0.0208. The van der Waals surface area contributed by atoms with Crippen molar-refractivity contribution in [3.63, 3.8) is 0 Å². The Morgan fingerprint density at radius 2 is 2.00 bits per heavy atom. The van der Waals surface area contributed by atoms with E-state index in [9.17, 15) is 9.90 Å². The summed E-state index contributed by atoms with van der Waals surface area (Å²) in [5.74, 6) is 0.193. The third-order valence-corrected chi connectivity index (χ3v) is 5.86. The number of halogens is 1. The fourth-order valence-electron chi connectivity index (χ4n) is 2.72. The van der Waals surface area contributed by atoms with Crippen LogP contribution in [0.25, 0.3) is 6.08 Å². The van der Waals surface area contributed by atoms with Crippen LogP contribution in [-0.4, -0.2) is 22.4 Å². The van der Waals surface area contributed by atoms with E-state index in [0.717, 1.165) is 22.4 Å². The Morgan fingerprint density at radius 3 is 2.65 bits per heavy atom. The van der Waals surface area contributed by atoms with Crippen molar-refractivity contribution in [1.82, 2.24) is 0 Å². The highest BCUT2D eigenvalue weighted by Crippen LogP contribution is 2.40. The summed E-state index contributed by atoms with van der Waals surface area (Å²) in [6, 6.07) is 9.30. The van der Waals surface area contributed by atoms with Crippen molar-refractivity contribution in [3.8, 4) is 11.5 Å². The van der Waals surface area contributed by atoms with Gasteiger partial charge >= 0.3 is 0 Å². The number of ether oxygens (including phenoxy) is 1. The van der Waals surface area contributed by atoms with Gasteiger partial charge in [0.05, 0.1) is 22.2 Å². The van der Waals surface area contributed by atoms with Crippen LogP contribution in [0.3, 0.4) is 0 Å². The Bertz CT molecular complexity index is 956. The lowest BCUT2D eigenvalue weighted by Crippen LogP contribution is -2.28. The van der Waals surface area contributed by atoms with Gasteiger partial charge < -0.3 is 9.84 Å². The van der Waals surface area contributed by atoms with Gasteiger partial charge in [0.25, 0.3) is 5.91 Å². The first-order chi connectivity index (χ1) is 12.3. The molecule has 7 heteroatoms. The third-order valence-electron chi connectivity index (χ3n) is 3.96. The summed E-state index contributed by atoms with van der Waals surface area (Å²) in [6.45, 7) is 3.98.